The topological polar surface area (TPSA) is 20.2 Å². The fourth-order valence-electron chi connectivity index (χ4n) is 2.18. The van der Waals surface area contributed by atoms with Gasteiger partial charge in [0.05, 0.1) is 0 Å². The molecule has 23 heavy (non-hydrogen) atoms. The van der Waals surface area contributed by atoms with E-state index in [1.165, 1.54) is 15.9 Å². The largest absolute Gasteiger partial charge is 0.396 e. The molecule has 1 N–H and O–H groups in total. The second-order valence-corrected chi connectivity index (χ2v) is 7.29. The van der Waals surface area contributed by atoms with Crippen LogP contribution in [0.2, 0.25) is 0 Å². The van der Waals surface area contributed by atoms with Crippen molar-refractivity contribution in [1.82, 2.24) is 0 Å². The van der Waals surface area contributed by atoms with Crippen molar-refractivity contribution in [3.8, 4) is 0 Å². The van der Waals surface area contributed by atoms with Crippen LogP contribution < -0.4 is 15.9 Å². The highest BCUT2D eigenvalue weighted by atomic mass is 31.1. The average molecular weight is 322 g/mol. The molecule has 0 saturated heterocycles. The van der Waals surface area contributed by atoms with E-state index < -0.39 is 7.92 Å². The van der Waals surface area contributed by atoms with Gasteiger partial charge in [-0.2, -0.15) is 0 Å². The third-order valence-electron chi connectivity index (χ3n) is 3.27. The lowest BCUT2D eigenvalue weighted by atomic mass is 10.4. The molecule has 2 heteroatoms. The van der Waals surface area contributed by atoms with Gasteiger partial charge in [0.15, 0.2) is 0 Å². The Morgan fingerprint density at radius 2 is 0.870 bits per heavy atom. The first kappa shape index (κ1) is 17.4. The van der Waals surface area contributed by atoms with Crippen molar-refractivity contribution >= 4 is 23.8 Å². The molecule has 0 amide bonds. The Morgan fingerprint density at radius 1 is 0.609 bits per heavy atom. The van der Waals surface area contributed by atoms with Crippen molar-refractivity contribution in [1.29, 1.82) is 0 Å². The summed E-state index contributed by atoms with van der Waals surface area (Å²) >= 11 is 0. The molecule has 3 aromatic carbocycles. The molecule has 0 heterocycles. The van der Waals surface area contributed by atoms with Gasteiger partial charge in [-0.25, -0.2) is 0 Å². The molecule has 118 valence electrons. The normalized spacial score (nSPS) is 10.0. The van der Waals surface area contributed by atoms with Gasteiger partial charge in [0.1, 0.15) is 0 Å². The molecule has 1 nitrogen and oxygen atoms in total. The first-order valence-electron chi connectivity index (χ1n) is 7.93. The molecule has 0 fully saturated rings. The van der Waals surface area contributed by atoms with Gasteiger partial charge >= 0.3 is 0 Å². The van der Waals surface area contributed by atoms with Crippen LogP contribution in [0.4, 0.5) is 0 Å². The standard InChI is InChI=1S/C18H15P.C3H8O/c1-4-10-16(11-5-1)19(17-12-6-2-7-13-17)18-14-8-3-9-15-18;1-2-3-4/h1-15H;4H,2-3H2,1H3. The van der Waals surface area contributed by atoms with Gasteiger partial charge in [0.25, 0.3) is 0 Å². The van der Waals surface area contributed by atoms with Gasteiger partial charge in [0, 0.05) is 6.61 Å². The Hall–Kier alpha value is -1.95. The highest BCUT2D eigenvalue weighted by Gasteiger charge is 2.14. The van der Waals surface area contributed by atoms with Gasteiger partial charge in [-0.1, -0.05) is 97.9 Å². The molecular weight excluding hydrogens is 299 g/mol. The third-order valence-corrected chi connectivity index (χ3v) is 5.71. The Morgan fingerprint density at radius 3 is 1.09 bits per heavy atom. The minimum atomic E-state index is -0.446. The minimum Gasteiger partial charge on any atom is -0.396 e. The fourth-order valence-corrected chi connectivity index (χ4v) is 4.48. The molecule has 0 spiro atoms. The first-order chi connectivity index (χ1) is 11.4. The van der Waals surface area contributed by atoms with Crippen LogP contribution in [0, 0.1) is 0 Å². The van der Waals surface area contributed by atoms with Crippen molar-refractivity contribution in [2.75, 3.05) is 6.61 Å². The van der Waals surface area contributed by atoms with Crippen LogP contribution in [0.15, 0.2) is 91.0 Å². The van der Waals surface area contributed by atoms with Crippen LogP contribution in [-0.4, -0.2) is 11.7 Å². The molecule has 3 aromatic rings. The van der Waals surface area contributed by atoms with Gasteiger partial charge < -0.3 is 5.11 Å². The van der Waals surface area contributed by atoms with E-state index in [1.807, 2.05) is 6.92 Å². The quantitative estimate of drug-likeness (QED) is 0.724. The molecule has 0 aromatic heterocycles. The van der Waals surface area contributed by atoms with Gasteiger partial charge in [0.2, 0.25) is 0 Å². The minimum absolute atomic E-state index is 0.319. The Balaban J connectivity index is 0.000000433. The van der Waals surface area contributed by atoms with E-state index >= 15 is 0 Å². The molecular formula is C21H23OP. The van der Waals surface area contributed by atoms with E-state index in [4.69, 9.17) is 5.11 Å². The van der Waals surface area contributed by atoms with Crippen LogP contribution in [-0.2, 0) is 0 Å². The number of hydrogen-bond donors (Lipinski definition) is 1. The monoisotopic (exact) mass is 322 g/mol. The molecule has 0 saturated carbocycles. The van der Waals surface area contributed by atoms with Crippen LogP contribution >= 0.6 is 7.92 Å². The lowest BCUT2D eigenvalue weighted by Gasteiger charge is -2.18. The van der Waals surface area contributed by atoms with Gasteiger partial charge in [-0.3, -0.25) is 0 Å². The second-order valence-electron chi connectivity index (χ2n) is 5.07. The van der Waals surface area contributed by atoms with Crippen LogP contribution in [0.1, 0.15) is 13.3 Å². The summed E-state index contributed by atoms with van der Waals surface area (Å²) in [7, 11) is -0.446. The van der Waals surface area contributed by atoms with Crippen LogP contribution in [0.5, 0.6) is 0 Å². The summed E-state index contributed by atoms with van der Waals surface area (Å²) in [6, 6.07) is 32.3. The number of aliphatic hydroxyl groups excluding tert-OH is 1. The number of hydrogen-bond acceptors (Lipinski definition) is 1. The number of aliphatic hydroxyl groups is 1. The smallest absolute Gasteiger partial charge is 0.0428 e. The van der Waals surface area contributed by atoms with Crippen LogP contribution in [0.25, 0.3) is 0 Å². The fraction of sp³-hybridized carbons (Fsp3) is 0.143. The van der Waals surface area contributed by atoms with E-state index in [-0.39, 0.29) is 0 Å². The molecule has 3 rings (SSSR count). The molecule has 0 unspecified atom stereocenters. The van der Waals surface area contributed by atoms with Crippen molar-refractivity contribution in [3.05, 3.63) is 91.0 Å². The lowest BCUT2D eigenvalue weighted by Crippen LogP contribution is -2.20. The first-order valence-corrected chi connectivity index (χ1v) is 9.27. The summed E-state index contributed by atoms with van der Waals surface area (Å²) < 4.78 is 0. The summed E-state index contributed by atoms with van der Waals surface area (Å²) in [4.78, 5) is 0. The lowest BCUT2D eigenvalue weighted by molar-refractivity contribution is 0.295. The Kier molecular flexibility index (Phi) is 7.52. The maximum absolute atomic E-state index is 7.88. The van der Waals surface area contributed by atoms with E-state index in [0.29, 0.717) is 6.61 Å². The molecule has 0 radical (unpaired) electrons. The Labute approximate surface area is 140 Å². The summed E-state index contributed by atoms with van der Waals surface area (Å²) in [5, 5.41) is 12.1. The van der Waals surface area contributed by atoms with E-state index in [1.54, 1.807) is 0 Å². The van der Waals surface area contributed by atoms with Gasteiger partial charge in [-0.15, -0.1) is 0 Å². The summed E-state index contributed by atoms with van der Waals surface area (Å²) in [5.41, 5.74) is 0. The zero-order chi connectivity index (χ0) is 16.3. The van der Waals surface area contributed by atoms with Crippen molar-refractivity contribution in [2.45, 2.75) is 13.3 Å². The molecule has 0 atom stereocenters. The predicted molar refractivity (Wildman–Crippen MR) is 103 cm³/mol. The number of rotatable bonds is 4. The molecule has 0 bridgehead atoms. The van der Waals surface area contributed by atoms with Crippen molar-refractivity contribution in [2.24, 2.45) is 0 Å². The highest BCUT2D eigenvalue weighted by molar-refractivity contribution is 7.79. The van der Waals surface area contributed by atoms with Crippen molar-refractivity contribution in [3.63, 3.8) is 0 Å². The van der Waals surface area contributed by atoms with E-state index in [9.17, 15) is 0 Å². The summed E-state index contributed by atoms with van der Waals surface area (Å²) in [6.07, 6.45) is 0.875. The van der Waals surface area contributed by atoms with E-state index in [0.717, 1.165) is 6.42 Å². The third kappa shape index (κ3) is 5.32. The zero-order valence-electron chi connectivity index (χ0n) is 13.5. The highest BCUT2D eigenvalue weighted by Crippen LogP contribution is 2.32. The van der Waals surface area contributed by atoms with Gasteiger partial charge in [-0.05, 0) is 30.3 Å². The van der Waals surface area contributed by atoms with Crippen molar-refractivity contribution < 1.29 is 5.11 Å². The maximum Gasteiger partial charge on any atom is 0.0428 e. The maximum atomic E-state index is 7.88. The molecule has 0 aliphatic rings. The molecule has 0 aliphatic carbocycles. The summed E-state index contributed by atoms with van der Waals surface area (Å²) in [6.45, 7) is 2.25. The SMILES string of the molecule is CCCO.c1ccc(P(c2ccccc2)c2ccccc2)cc1. The predicted octanol–water partition coefficient (Wildman–Crippen LogP) is 3.83. The number of benzene rings is 3. The van der Waals surface area contributed by atoms with E-state index in [2.05, 4.69) is 91.0 Å². The molecule has 0 aliphatic heterocycles. The summed E-state index contributed by atoms with van der Waals surface area (Å²) in [5.74, 6) is 0. The average Bonchev–Trinajstić information content (AvgIpc) is 2.65. The second kappa shape index (κ2) is 9.94. The zero-order valence-corrected chi connectivity index (χ0v) is 14.4. The van der Waals surface area contributed by atoms with Crippen LogP contribution in [0.3, 0.4) is 0 Å². The Bertz CT molecular complexity index is 557.